The summed E-state index contributed by atoms with van der Waals surface area (Å²) in [6, 6.07) is 5.36. The van der Waals surface area contributed by atoms with Gasteiger partial charge in [-0.15, -0.1) is 0 Å². The van der Waals surface area contributed by atoms with Crippen molar-refractivity contribution < 1.29 is 9.59 Å². The van der Waals surface area contributed by atoms with Crippen molar-refractivity contribution in [2.45, 2.75) is 6.42 Å². The molecule has 1 aromatic carbocycles. The van der Waals surface area contributed by atoms with Gasteiger partial charge in [0.15, 0.2) is 0 Å². The van der Waals surface area contributed by atoms with E-state index in [1.165, 1.54) is 6.20 Å². The third-order valence-corrected chi connectivity index (χ3v) is 4.35. The van der Waals surface area contributed by atoms with Gasteiger partial charge < -0.3 is 21.7 Å². The lowest BCUT2D eigenvalue weighted by atomic mass is 9.98. The third kappa shape index (κ3) is 3.34. The van der Waals surface area contributed by atoms with E-state index in [0.29, 0.717) is 29.9 Å². The van der Waals surface area contributed by atoms with Crippen LogP contribution >= 0.6 is 0 Å². The minimum absolute atomic E-state index is 0.123. The largest absolute Gasteiger partial charge is 0.365 e. The van der Waals surface area contributed by atoms with Crippen molar-refractivity contribution in [3.8, 4) is 0 Å². The number of carbonyl (C=O) groups is 2. The number of nitrogens with zero attached hydrogens (tertiary/aromatic N) is 4. The van der Waals surface area contributed by atoms with Gasteiger partial charge in [0, 0.05) is 37.2 Å². The first-order valence-electron chi connectivity index (χ1n) is 8.61. The zero-order chi connectivity index (χ0) is 19.7. The number of hydrogen-bond acceptors (Lipinski definition) is 7. The number of fused-ring (bicyclic) bond motifs is 1. The van der Waals surface area contributed by atoms with Crippen molar-refractivity contribution in [3.63, 3.8) is 0 Å². The molecular weight excluding hydrogens is 360 g/mol. The van der Waals surface area contributed by atoms with Gasteiger partial charge >= 0.3 is 0 Å². The molecule has 0 fully saturated rings. The number of benzene rings is 1. The fourth-order valence-corrected chi connectivity index (χ4v) is 3.04. The highest BCUT2D eigenvalue weighted by Gasteiger charge is 2.21. The molecule has 0 aliphatic carbocycles. The Morgan fingerprint density at radius 3 is 2.89 bits per heavy atom. The number of anilines is 4. The van der Waals surface area contributed by atoms with Crippen LogP contribution in [0.25, 0.3) is 0 Å². The van der Waals surface area contributed by atoms with Gasteiger partial charge in [0.05, 0.1) is 11.9 Å². The topological polar surface area (TPSA) is 140 Å². The smallest absolute Gasteiger partial charge is 0.254 e. The molecule has 2 amide bonds. The third-order valence-electron chi connectivity index (χ3n) is 4.35. The normalized spacial score (nSPS) is 12.8. The van der Waals surface area contributed by atoms with Gasteiger partial charge in [0.2, 0.25) is 5.95 Å². The number of aryl methyl sites for hydroxylation is 1. The van der Waals surface area contributed by atoms with E-state index in [1.807, 2.05) is 6.07 Å². The summed E-state index contributed by atoms with van der Waals surface area (Å²) in [6.45, 7) is 0.546. The summed E-state index contributed by atoms with van der Waals surface area (Å²) in [4.78, 5) is 32.4. The number of rotatable bonds is 5. The number of nitrogens with two attached hydrogens (primary N) is 1. The second kappa shape index (κ2) is 6.99. The van der Waals surface area contributed by atoms with Crippen LogP contribution in [0.1, 0.15) is 26.3 Å². The molecule has 4 rings (SSSR count). The second-order valence-electron chi connectivity index (χ2n) is 6.31. The van der Waals surface area contributed by atoms with Crippen molar-refractivity contribution in [2.24, 2.45) is 12.8 Å². The van der Waals surface area contributed by atoms with E-state index in [1.54, 1.807) is 36.3 Å². The highest BCUT2D eigenvalue weighted by atomic mass is 16.2. The van der Waals surface area contributed by atoms with Crippen LogP contribution in [0.15, 0.2) is 36.8 Å². The summed E-state index contributed by atoms with van der Waals surface area (Å²) in [5, 5.41) is 13.1. The average Bonchev–Trinajstić information content (AvgIpc) is 3.07. The fourth-order valence-electron chi connectivity index (χ4n) is 3.04. The molecule has 1 aliphatic rings. The van der Waals surface area contributed by atoms with Gasteiger partial charge in [0.25, 0.3) is 11.8 Å². The highest BCUT2D eigenvalue weighted by Crippen LogP contribution is 2.27. The maximum atomic E-state index is 12.1. The van der Waals surface area contributed by atoms with E-state index in [9.17, 15) is 9.59 Å². The Kier molecular flexibility index (Phi) is 4.36. The maximum absolute atomic E-state index is 12.1. The maximum Gasteiger partial charge on any atom is 0.254 e. The molecule has 0 radical (unpaired) electrons. The van der Waals surface area contributed by atoms with Crippen LogP contribution in [0.4, 0.5) is 23.1 Å². The van der Waals surface area contributed by atoms with Gasteiger partial charge in [-0.3, -0.25) is 14.3 Å². The van der Waals surface area contributed by atoms with Crippen molar-refractivity contribution in [1.29, 1.82) is 0 Å². The summed E-state index contributed by atoms with van der Waals surface area (Å²) < 4.78 is 1.64. The lowest BCUT2D eigenvalue weighted by Gasteiger charge is -2.20. The van der Waals surface area contributed by atoms with Gasteiger partial charge in [-0.05, 0) is 24.1 Å². The molecule has 28 heavy (non-hydrogen) atoms. The lowest BCUT2D eigenvalue weighted by Crippen LogP contribution is -2.32. The molecule has 0 saturated carbocycles. The van der Waals surface area contributed by atoms with Gasteiger partial charge in [-0.1, -0.05) is 6.07 Å². The molecule has 0 atom stereocenters. The van der Waals surface area contributed by atoms with E-state index in [4.69, 9.17) is 5.73 Å². The molecule has 10 nitrogen and oxygen atoms in total. The first-order valence-corrected chi connectivity index (χ1v) is 8.61. The molecule has 10 heteroatoms. The second-order valence-corrected chi connectivity index (χ2v) is 6.31. The Morgan fingerprint density at radius 1 is 1.29 bits per heavy atom. The first kappa shape index (κ1) is 17.5. The van der Waals surface area contributed by atoms with Gasteiger partial charge in [0.1, 0.15) is 11.4 Å². The predicted octanol–water partition coefficient (Wildman–Crippen LogP) is 1.08. The summed E-state index contributed by atoms with van der Waals surface area (Å²) in [6.07, 6.45) is 5.43. The minimum Gasteiger partial charge on any atom is -0.365 e. The number of nitrogens with one attached hydrogen (secondary N) is 3. The molecule has 0 bridgehead atoms. The average molecular weight is 378 g/mol. The van der Waals surface area contributed by atoms with Crippen LogP contribution in [-0.4, -0.2) is 38.1 Å². The number of primary amides is 1. The van der Waals surface area contributed by atoms with Crippen LogP contribution in [0, 0.1) is 0 Å². The van der Waals surface area contributed by atoms with Crippen molar-refractivity contribution in [2.75, 3.05) is 17.2 Å². The molecule has 5 N–H and O–H groups in total. The molecular formula is C18H18N8O2. The quantitative estimate of drug-likeness (QED) is 0.521. The van der Waals surface area contributed by atoms with Crippen LogP contribution in [0.3, 0.4) is 0 Å². The fraction of sp³-hybridized carbons (Fsp3) is 0.167. The van der Waals surface area contributed by atoms with Crippen LogP contribution in [-0.2, 0) is 13.5 Å². The molecule has 3 heterocycles. The molecule has 0 spiro atoms. The first-order chi connectivity index (χ1) is 13.5. The van der Waals surface area contributed by atoms with E-state index < -0.39 is 5.91 Å². The Bertz CT molecular complexity index is 1080. The SMILES string of the molecule is Cn1cc(Nc2ncc(C(N)=O)c(Nc3cccc4c3CCNC4=O)n2)cn1. The zero-order valence-electron chi connectivity index (χ0n) is 15.1. The van der Waals surface area contributed by atoms with Crippen molar-refractivity contribution >= 4 is 35.0 Å². The predicted molar refractivity (Wildman–Crippen MR) is 103 cm³/mol. The molecule has 0 saturated heterocycles. The number of hydrogen-bond donors (Lipinski definition) is 4. The number of carbonyl (C=O) groups excluding carboxylic acids is 2. The van der Waals surface area contributed by atoms with Crippen LogP contribution < -0.4 is 21.7 Å². The van der Waals surface area contributed by atoms with Gasteiger partial charge in [-0.25, -0.2) is 4.98 Å². The number of amides is 2. The molecule has 3 aromatic rings. The highest BCUT2D eigenvalue weighted by molar-refractivity contribution is 6.00. The lowest BCUT2D eigenvalue weighted by molar-refractivity contribution is 0.0944. The molecule has 142 valence electrons. The van der Waals surface area contributed by atoms with Crippen molar-refractivity contribution in [1.82, 2.24) is 25.1 Å². The summed E-state index contributed by atoms with van der Waals surface area (Å²) in [7, 11) is 1.80. The number of aromatic nitrogens is 4. The Labute approximate surface area is 160 Å². The van der Waals surface area contributed by atoms with Crippen LogP contribution in [0.5, 0.6) is 0 Å². The molecule has 2 aromatic heterocycles. The molecule has 0 unspecified atom stereocenters. The monoisotopic (exact) mass is 378 g/mol. The molecule has 1 aliphatic heterocycles. The minimum atomic E-state index is -0.655. The summed E-state index contributed by atoms with van der Waals surface area (Å²) in [5.74, 6) is -0.240. The van der Waals surface area contributed by atoms with E-state index in [0.717, 1.165) is 5.56 Å². The van der Waals surface area contributed by atoms with E-state index >= 15 is 0 Å². The van der Waals surface area contributed by atoms with Crippen molar-refractivity contribution in [3.05, 3.63) is 53.5 Å². The summed E-state index contributed by atoms with van der Waals surface area (Å²) in [5.41, 5.74) is 8.48. The Balaban J connectivity index is 1.70. The van der Waals surface area contributed by atoms with Gasteiger partial charge in [-0.2, -0.15) is 10.1 Å². The van der Waals surface area contributed by atoms with Crippen LogP contribution in [0.2, 0.25) is 0 Å². The van der Waals surface area contributed by atoms with E-state index in [2.05, 4.69) is 31.0 Å². The standard InChI is InChI=1S/C18H18N8O2/c1-26-9-10(7-22-26)23-18-21-8-13(15(19)27)16(25-18)24-14-4-2-3-12-11(14)5-6-20-17(12)28/h2-4,7-9H,5-6H2,1H3,(H2,19,27)(H,20,28)(H2,21,23,24,25). The van der Waals surface area contributed by atoms with E-state index in [-0.39, 0.29) is 23.2 Å². The zero-order valence-corrected chi connectivity index (χ0v) is 15.1. The summed E-state index contributed by atoms with van der Waals surface area (Å²) >= 11 is 0. The Hall–Kier alpha value is -3.95. The Morgan fingerprint density at radius 2 is 2.14 bits per heavy atom.